The quantitative estimate of drug-likeness (QED) is 0.376. The number of hydrogen-bond donors (Lipinski definition) is 2. The normalized spacial score (nSPS) is 15.0. The summed E-state index contributed by atoms with van der Waals surface area (Å²) < 4.78 is 16.0. The van der Waals surface area contributed by atoms with Gasteiger partial charge in [0.15, 0.2) is 5.60 Å². The lowest BCUT2D eigenvalue weighted by molar-refractivity contribution is -0.185. The van der Waals surface area contributed by atoms with Crippen LogP contribution in [0.25, 0.3) is 0 Å². The SMILES string of the molecule is C=C[C@H](CO)[C@@](O)(CCOCc1ccc(OC)cc1)C(=O)OC(C)(C)C. The summed E-state index contributed by atoms with van der Waals surface area (Å²) in [7, 11) is 1.60. The van der Waals surface area contributed by atoms with E-state index in [1.807, 2.05) is 24.3 Å². The number of methoxy groups -OCH3 is 1. The number of aliphatic hydroxyl groups excluding tert-OH is 1. The number of benzene rings is 1. The molecule has 0 bridgehead atoms. The Morgan fingerprint density at radius 2 is 1.88 bits per heavy atom. The number of hydrogen-bond acceptors (Lipinski definition) is 6. The summed E-state index contributed by atoms with van der Waals surface area (Å²) in [6, 6.07) is 7.41. The molecule has 146 valence electrons. The highest BCUT2D eigenvalue weighted by Gasteiger charge is 2.45. The molecule has 0 spiro atoms. The zero-order valence-electron chi connectivity index (χ0n) is 16.0. The van der Waals surface area contributed by atoms with Gasteiger partial charge in [-0.05, 0) is 38.5 Å². The van der Waals surface area contributed by atoms with Crippen molar-refractivity contribution in [2.24, 2.45) is 5.92 Å². The fourth-order valence-corrected chi connectivity index (χ4v) is 2.37. The molecule has 0 aliphatic carbocycles. The van der Waals surface area contributed by atoms with Crippen LogP contribution < -0.4 is 4.74 Å². The van der Waals surface area contributed by atoms with Crippen LogP contribution in [0.3, 0.4) is 0 Å². The first-order valence-corrected chi connectivity index (χ1v) is 8.56. The maximum atomic E-state index is 12.5. The number of rotatable bonds is 10. The van der Waals surface area contributed by atoms with E-state index in [-0.39, 0.29) is 13.0 Å². The van der Waals surface area contributed by atoms with Crippen molar-refractivity contribution >= 4 is 5.97 Å². The van der Waals surface area contributed by atoms with Crippen LogP contribution in [0.2, 0.25) is 0 Å². The van der Waals surface area contributed by atoms with Crippen LogP contribution in [-0.4, -0.2) is 47.7 Å². The van der Waals surface area contributed by atoms with E-state index in [0.717, 1.165) is 11.3 Å². The molecule has 1 aromatic rings. The van der Waals surface area contributed by atoms with Crippen molar-refractivity contribution in [3.8, 4) is 5.75 Å². The topological polar surface area (TPSA) is 85.2 Å². The largest absolute Gasteiger partial charge is 0.497 e. The molecular formula is C20H30O6. The van der Waals surface area contributed by atoms with Gasteiger partial charge in [-0.15, -0.1) is 6.58 Å². The van der Waals surface area contributed by atoms with Crippen LogP contribution in [0.1, 0.15) is 32.8 Å². The molecule has 1 rings (SSSR count). The third-order valence-electron chi connectivity index (χ3n) is 3.90. The Bertz CT molecular complexity index is 575. The molecule has 0 unspecified atom stereocenters. The monoisotopic (exact) mass is 366 g/mol. The first-order chi connectivity index (χ1) is 12.2. The van der Waals surface area contributed by atoms with E-state index >= 15 is 0 Å². The lowest BCUT2D eigenvalue weighted by atomic mass is 9.85. The smallest absolute Gasteiger partial charge is 0.339 e. The van der Waals surface area contributed by atoms with Gasteiger partial charge in [0.25, 0.3) is 0 Å². The highest BCUT2D eigenvalue weighted by atomic mass is 16.6. The van der Waals surface area contributed by atoms with Crippen molar-refractivity contribution in [1.29, 1.82) is 0 Å². The summed E-state index contributed by atoms with van der Waals surface area (Å²) in [6.45, 7) is 8.76. The van der Waals surface area contributed by atoms with Crippen LogP contribution >= 0.6 is 0 Å². The van der Waals surface area contributed by atoms with Crippen LogP contribution in [-0.2, 0) is 20.9 Å². The average Bonchev–Trinajstić information content (AvgIpc) is 2.58. The highest BCUT2D eigenvalue weighted by Crippen LogP contribution is 2.27. The third kappa shape index (κ3) is 6.44. The maximum Gasteiger partial charge on any atom is 0.339 e. The predicted molar refractivity (Wildman–Crippen MR) is 98.8 cm³/mol. The molecule has 0 saturated heterocycles. The fraction of sp³-hybridized carbons (Fsp3) is 0.550. The standard InChI is InChI=1S/C20H30O6/c1-6-16(13-21)20(23,18(22)26-19(2,3)4)11-12-25-14-15-7-9-17(24-5)10-8-15/h6-10,16,21,23H,1,11-14H2,2-5H3/t16-,20+/m1/s1. The number of esters is 1. The number of carbonyl (C=O) groups is 1. The molecule has 2 atom stereocenters. The molecule has 0 aliphatic rings. The van der Waals surface area contributed by atoms with Crippen molar-refractivity contribution in [2.45, 2.75) is 45.0 Å². The van der Waals surface area contributed by atoms with Gasteiger partial charge in [0, 0.05) is 12.3 Å². The molecule has 0 aromatic heterocycles. The van der Waals surface area contributed by atoms with Gasteiger partial charge >= 0.3 is 5.97 Å². The van der Waals surface area contributed by atoms with Crippen molar-refractivity contribution < 1.29 is 29.2 Å². The minimum atomic E-state index is -1.90. The minimum absolute atomic E-state index is 0.0185. The lowest BCUT2D eigenvalue weighted by Crippen LogP contribution is -2.50. The molecule has 0 radical (unpaired) electrons. The van der Waals surface area contributed by atoms with Crippen molar-refractivity contribution in [2.75, 3.05) is 20.3 Å². The Hall–Kier alpha value is -1.89. The van der Waals surface area contributed by atoms with Crippen LogP contribution in [0.5, 0.6) is 5.75 Å². The van der Waals surface area contributed by atoms with E-state index in [9.17, 15) is 15.0 Å². The Labute approximate surface area is 155 Å². The van der Waals surface area contributed by atoms with E-state index in [4.69, 9.17) is 14.2 Å². The summed E-state index contributed by atoms with van der Waals surface area (Å²) in [5, 5.41) is 20.4. The molecule has 0 fully saturated rings. The van der Waals surface area contributed by atoms with Gasteiger partial charge in [-0.3, -0.25) is 0 Å². The molecule has 1 aromatic carbocycles. The first kappa shape index (κ1) is 22.2. The molecule has 0 heterocycles. The summed E-state index contributed by atoms with van der Waals surface area (Å²) in [5.41, 5.74) is -1.71. The molecule has 0 amide bonds. The second kappa shape index (κ2) is 9.71. The average molecular weight is 366 g/mol. The number of carbonyl (C=O) groups excluding carboxylic acids is 1. The van der Waals surface area contributed by atoms with Gasteiger partial charge in [-0.2, -0.15) is 0 Å². The zero-order chi connectivity index (χ0) is 19.8. The van der Waals surface area contributed by atoms with Gasteiger partial charge in [-0.25, -0.2) is 4.79 Å². The minimum Gasteiger partial charge on any atom is -0.497 e. The Balaban J connectivity index is 2.70. The zero-order valence-corrected chi connectivity index (χ0v) is 16.0. The first-order valence-electron chi connectivity index (χ1n) is 8.56. The van der Waals surface area contributed by atoms with E-state index in [2.05, 4.69) is 6.58 Å². The van der Waals surface area contributed by atoms with Gasteiger partial charge in [0.1, 0.15) is 11.4 Å². The summed E-state index contributed by atoms with van der Waals surface area (Å²) in [6.07, 6.45) is 1.34. The lowest BCUT2D eigenvalue weighted by Gasteiger charge is -2.34. The van der Waals surface area contributed by atoms with Crippen molar-refractivity contribution in [1.82, 2.24) is 0 Å². The van der Waals surface area contributed by atoms with E-state index in [1.54, 1.807) is 27.9 Å². The number of aliphatic hydroxyl groups is 2. The van der Waals surface area contributed by atoms with E-state index < -0.39 is 29.7 Å². The highest BCUT2D eigenvalue weighted by molar-refractivity contribution is 5.80. The molecule has 6 heteroatoms. The van der Waals surface area contributed by atoms with Crippen LogP contribution in [0.15, 0.2) is 36.9 Å². The maximum absolute atomic E-state index is 12.5. The molecule has 2 N–H and O–H groups in total. The summed E-state index contributed by atoms with van der Waals surface area (Å²) >= 11 is 0. The molecule has 26 heavy (non-hydrogen) atoms. The van der Waals surface area contributed by atoms with Gasteiger partial charge in [-0.1, -0.05) is 18.2 Å². The fourth-order valence-electron chi connectivity index (χ4n) is 2.37. The van der Waals surface area contributed by atoms with E-state index in [1.165, 1.54) is 6.08 Å². The number of ether oxygens (including phenoxy) is 3. The van der Waals surface area contributed by atoms with Crippen molar-refractivity contribution in [3.63, 3.8) is 0 Å². The second-order valence-electron chi connectivity index (χ2n) is 7.10. The Morgan fingerprint density at radius 3 is 2.35 bits per heavy atom. The van der Waals surface area contributed by atoms with E-state index in [0.29, 0.717) is 6.61 Å². The van der Waals surface area contributed by atoms with Crippen molar-refractivity contribution in [3.05, 3.63) is 42.5 Å². The molecule has 6 nitrogen and oxygen atoms in total. The van der Waals surface area contributed by atoms with Gasteiger partial charge in [0.2, 0.25) is 0 Å². The van der Waals surface area contributed by atoms with Gasteiger partial charge in [0.05, 0.1) is 26.9 Å². The summed E-state index contributed by atoms with van der Waals surface area (Å²) in [4.78, 5) is 12.5. The molecule has 0 saturated carbocycles. The molecular weight excluding hydrogens is 336 g/mol. The summed E-state index contributed by atoms with van der Waals surface area (Å²) in [5.74, 6) is -0.885. The van der Waals surface area contributed by atoms with Crippen LogP contribution in [0.4, 0.5) is 0 Å². The second-order valence-corrected chi connectivity index (χ2v) is 7.10. The van der Waals surface area contributed by atoms with Crippen LogP contribution in [0, 0.1) is 5.92 Å². The third-order valence-corrected chi connectivity index (χ3v) is 3.90. The predicted octanol–water partition coefficient (Wildman–Crippen LogP) is 2.47. The Kier molecular flexibility index (Phi) is 8.27. The molecule has 0 aliphatic heterocycles. The van der Waals surface area contributed by atoms with Gasteiger partial charge < -0.3 is 24.4 Å². The Morgan fingerprint density at radius 1 is 1.27 bits per heavy atom.